The van der Waals surface area contributed by atoms with E-state index in [1.165, 1.54) is 24.3 Å². The molecule has 3 amide bonds. The average molecular weight is 535 g/mol. The Morgan fingerprint density at radius 3 is 2.29 bits per heavy atom. The summed E-state index contributed by atoms with van der Waals surface area (Å²) in [6, 6.07) is 16.0. The van der Waals surface area contributed by atoms with Crippen molar-refractivity contribution < 1.29 is 14.4 Å². The van der Waals surface area contributed by atoms with Gasteiger partial charge >= 0.3 is 0 Å². The van der Waals surface area contributed by atoms with Crippen LogP contribution in [0.4, 0.5) is 17.1 Å². The second kappa shape index (κ2) is 9.68. The molecule has 172 valence electrons. The highest BCUT2D eigenvalue weighted by Crippen LogP contribution is 2.35. The van der Waals surface area contributed by atoms with Crippen LogP contribution < -0.4 is 15.5 Å². The minimum absolute atomic E-state index is 0.120. The minimum Gasteiger partial charge on any atom is -0.350 e. The van der Waals surface area contributed by atoms with E-state index < -0.39 is 11.8 Å². The number of carbonyl (C=O) groups is 3. The van der Waals surface area contributed by atoms with Gasteiger partial charge < -0.3 is 10.6 Å². The number of rotatable bonds is 5. The summed E-state index contributed by atoms with van der Waals surface area (Å²) in [6.07, 6.45) is 0. The van der Waals surface area contributed by atoms with Crippen LogP contribution in [0.15, 0.2) is 71.4 Å². The molecule has 0 unspecified atom stereocenters. The molecular weight excluding hydrogens is 520 g/mol. The zero-order chi connectivity index (χ0) is 24.6. The van der Waals surface area contributed by atoms with Crippen molar-refractivity contribution in [1.29, 1.82) is 0 Å². The maximum absolute atomic E-state index is 13.0. The monoisotopic (exact) mass is 533 g/mol. The highest BCUT2D eigenvalue weighted by molar-refractivity contribution is 6.54. The summed E-state index contributed by atoms with van der Waals surface area (Å²) in [5.41, 5.74) is 2.14. The fourth-order valence-corrected chi connectivity index (χ4v) is 4.14. The molecule has 1 aliphatic heterocycles. The van der Waals surface area contributed by atoms with Gasteiger partial charge in [-0.05, 0) is 61.0 Å². The van der Waals surface area contributed by atoms with Gasteiger partial charge in [-0.2, -0.15) is 0 Å². The van der Waals surface area contributed by atoms with Gasteiger partial charge in [0.05, 0.1) is 10.7 Å². The molecule has 0 aromatic heterocycles. The van der Waals surface area contributed by atoms with Crippen LogP contribution in [0, 0.1) is 6.92 Å². The second-order valence-electron chi connectivity index (χ2n) is 7.35. The standard InChI is InChI=1S/C24H15Cl4N3O3/c1-12-5-7-16(11-17(12)26)30-22(32)13-3-2-4-15(9-13)29-21-20(28)23(33)31(24(21)34)19-8-6-14(25)10-18(19)27/h2-11,29H,1H3,(H,30,32). The van der Waals surface area contributed by atoms with Gasteiger partial charge in [-0.25, -0.2) is 4.90 Å². The first-order valence-corrected chi connectivity index (χ1v) is 11.3. The number of imide groups is 1. The van der Waals surface area contributed by atoms with E-state index >= 15 is 0 Å². The summed E-state index contributed by atoms with van der Waals surface area (Å²) in [5, 5.41) is 6.31. The maximum atomic E-state index is 13.0. The average Bonchev–Trinajstić information content (AvgIpc) is 3.00. The molecule has 1 aliphatic rings. The topological polar surface area (TPSA) is 78.5 Å². The van der Waals surface area contributed by atoms with Crippen LogP contribution in [-0.2, 0) is 9.59 Å². The largest absolute Gasteiger partial charge is 0.350 e. The van der Waals surface area contributed by atoms with Crippen molar-refractivity contribution in [2.75, 3.05) is 15.5 Å². The summed E-state index contributed by atoms with van der Waals surface area (Å²) in [5.74, 6) is -1.81. The van der Waals surface area contributed by atoms with E-state index in [1.54, 1.807) is 36.4 Å². The van der Waals surface area contributed by atoms with Crippen LogP contribution in [0.3, 0.4) is 0 Å². The van der Waals surface area contributed by atoms with Gasteiger partial charge in [0.2, 0.25) is 0 Å². The Labute approximate surface area is 215 Å². The smallest absolute Gasteiger partial charge is 0.283 e. The van der Waals surface area contributed by atoms with Crippen LogP contribution in [-0.4, -0.2) is 17.7 Å². The van der Waals surface area contributed by atoms with Crippen LogP contribution in [0.5, 0.6) is 0 Å². The number of aryl methyl sites for hydroxylation is 1. The normalized spacial score (nSPS) is 13.5. The van der Waals surface area contributed by atoms with Gasteiger partial charge in [-0.3, -0.25) is 14.4 Å². The number of hydrogen-bond donors (Lipinski definition) is 2. The summed E-state index contributed by atoms with van der Waals surface area (Å²) in [4.78, 5) is 39.3. The molecule has 0 fully saturated rings. The molecule has 3 aromatic rings. The lowest BCUT2D eigenvalue weighted by Gasteiger charge is -2.16. The molecule has 0 spiro atoms. The summed E-state index contributed by atoms with van der Waals surface area (Å²) >= 11 is 24.4. The minimum atomic E-state index is -0.733. The van der Waals surface area contributed by atoms with Crippen molar-refractivity contribution in [3.8, 4) is 0 Å². The molecule has 0 atom stereocenters. The third-order valence-corrected chi connectivity index (χ3v) is 6.30. The van der Waals surface area contributed by atoms with Gasteiger partial charge in [-0.1, -0.05) is 58.5 Å². The molecule has 0 aliphatic carbocycles. The van der Waals surface area contributed by atoms with E-state index in [4.69, 9.17) is 46.4 Å². The van der Waals surface area contributed by atoms with Crippen molar-refractivity contribution in [2.24, 2.45) is 0 Å². The maximum Gasteiger partial charge on any atom is 0.283 e. The summed E-state index contributed by atoms with van der Waals surface area (Å²) < 4.78 is 0. The van der Waals surface area contributed by atoms with E-state index in [9.17, 15) is 14.4 Å². The van der Waals surface area contributed by atoms with Gasteiger partial charge in [0, 0.05) is 27.0 Å². The van der Waals surface area contributed by atoms with Crippen LogP contribution in [0.2, 0.25) is 15.1 Å². The number of anilines is 3. The first kappa shape index (κ1) is 24.1. The first-order valence-electron chi connectivity index (χ1n) is 9.84. The third-order valence-electron chi connectivity index (χ3n) is 5.00. The van der Waals surface area contributed by atoms with Crippen LogP contribution in [0.25, 0.3) is 0 Å². The Hall–Kier alpha value is -3.03. The molecule has 10 heteroatoms. The summed E-state index contributed by atoms with van der Waals surface area (Å²) in [6.45, 7) is 1.86. The lowest BCUT2D eigenvalue weighted by atomic mass is 10.1. The molecule has 0 radical (unpaired) electrons. The predicted octanol–water partition coefficient (Wildman–Crippen LogP) is 6.64. The fraction of sp³-hybridized carbons (Fsp3) is 0.0417. The number of amides is 3. The lowest BCUT2D eigenvalue weighted by molar-refractivity contribution is -0.120. The zero-order valence-electron chi connectivity index (χ0n) is 17.5. The highest BCUT2D eigenvalue weighted by atomic mass is 35.5. The SMILES string of the molecule is Cc1ccc(NC(=O)c2cccc(NC3=C(Cl)C(=O)N(c4ccc(Cl)cc4Cl)C3=O)c2)cc1Cl. The molecule has 6 nitrogen and oxygen atoms in total. The molecule has 1 heterocycles. The fourth-order valence-electron chi connectivity index (χ4n) is 3.25. The first-order chi connectivity index (χ1) is 16.2. The van der Waals surface area contributed by atoms with Gasteiger partial charge in [0.1, 0.15) is 10.7 Å². The Balaban J connectivity index is 1.55. The number of nitrogens with one attached hydrogen (secondary N) is 2. The van der Waals surface area contributed by atoms with E-state index in [-0.39, 0.29) is 27.3 Å². The molecule has 0 saturated carbocycles. The Bertz CT molecular complexity index is 1390. The zero-order valence-corrected chi connectivity index (χ0v) is 20.5. The molecule has 2 N–H and O–H groups in total. The van der Waals surface area contributed by atoms with Crippen molar-refractivity contribution in [3.05, 3.63) is 97.6 Å². The Morgan fingerprint density at radius 1 is 0.824 bits per heavy atom. The lowest BCUT2D eigenvalue weighted by Crippen LogP contribution is -2.32. The van der Waals surface area contributed by atoms with Gasteiger partial charge in [0.15, 0.2) is 0 Å². The molecule has 4 rings (SSSR count). The van der Waals surface area contributed by atoms with Crippen LogP contribution >= 0.6 is 46.4 Å². The Morgan fingerprint density at radius 2 is 1.59 bits per heavy atom. The predicted molar refractivity (Wildman–Crippen MR) is 136 cm³/mol. The van der Waals surface area contributed by atoms with Crippen molar-refractivity contribution in [2.45, 2.75) is 6.92 Å². The van der Waals surface area contributed by atoms with E-state index in [2.05, 4.69) is 10.6 Å². The molecular formula is C24H15Cl4N3O3. The number of hydrogen-bond acceptors (Lipinski definition) is 4. The van der Waals surface area contributed by atoms with E-state index in [0.717, 1.165) is 10.5 Å². The van der Waals surface area contributed by atoms with E-state index in [0.29, 0.717) is 27.0 Å². The molecule has 0 saturated heterocycles. The Kier molecular flexibility index (Phi) is 6.86. The summed E-state index contributed by atoms with van der Waals surface area (Å²) in [7, 11) is 0. The van der Waals surface area contributed by atoms with Crippen molar-refractivity contribution >= 4 is 81.2 Å². The van der Waals surface area contributed by atoms with Crippen molar-refractivity contribution in [3.63, 3.8) is 0 Å². The van der Waals surface area contributed by atoms with E-state index in [1.807, 2.05) is 6.92 Å². The molecule has 3 aromatic carbocycles. The van der Waals surface area contributed by atoms with Gasteiger partial charge in [-0.15, -0.1) is 0 Å². The highest BCUT2D eigenvalue weighted by Gasteiger charge is 2.39. The second-order valence-corrected chi connectivity index (χ2v) is 8.98. The quantitative estimate of drug-likeness (QED) is 0.359. The van der Waals surface area contributed by atoms with Gasteiger partial charge in [0.25, 0.3) is 17.7 Å². The van der Waals surface area contributed by atoms with Crippen LogP contribution in [0.1, 0.15) is 15.9 Å². The number of carbonyl (C=O) groups excluding carboxylic acids is 3. The third kappa shape index (κ3) is 4.76. The number of nitrogens with zero attached hydrogens (tertiary/aromatic N) is 1. The number of benzene rings is 3. The van der Waals surface area contributed by atoms with Crippen molar-refractivity contribution in [1.82, 2.24) is 0 Å². The molecule has 34 heavy (non-hydrogen) atoms. The number of halogens is 4. The molecule has 0 bridgehead atoms.